The molecule has 1 atom stereocenters. The van der Waals surface area contributed by atoms with Crippen LogP contribution in [0, 0.1) is 18.3 Å². The normalized spacial score (nSPS) is 11.4. The van der Waals surface area contributed by atoms with Crippen LogP contribution in [-0.4, -0.2) is 30.0 Å². The van der Waals surface area contributed by atoms with Gasteiger partial charge in [-0.15, -0.1) is 0 Å². The average Bonchev–Trinajstić information content (AvgIpc) is 2.64. The number of rotatable bonds is 8. The van der Waals surface area contributed by atoms with Gasteiger partial charge in [0.2, 0.25) is 0 Å². The number of para-hydroxylation sites is 1. The first-order valence-electron chi connectivity index (χ1n) is 8.53. The Balaban J connectivity index is 2.01. The van der Waals surface area contributed by atoms with Crippen LogP contribution in [0.2, 0.25) is 0 Å². The van der Waals surface area contributed by atoms with Crippen molar-refractivity contribution in [2.24, 2.45) is 0 Å². The predicted octanol–water partition coefficient (Wildman–Crippen LogP) is 3.75. The lowest BCUT2D eigenvalue weighted by Gasteiger charge is -2.26. The van der Waals surface area contributed by atoms with E-state index in [-0.39, 0.29) is 5.91 Å². The summed E-state index contributed by atoms with van der Waals surface area (Å²) in [6.45, 7) is 4.71. The Bertz CT molecular complexity index is 722. The predicted molar refractivity (Wildman–Crippen MR) is 98.2 cm³/mol. The molecule has 2 aromatic carbocycles. The van der Waals surface area contributed by atoms with Crippen LogP contribution in [0.5, 0.6) is 5.75 Å². The molecule has 0 bridgehead atoms. The summed E-state index contributed by atoms with van der Waals surface area (Å²) >= 11 is 0. The summed E-state index contributed by atoms with van der Waals surface area (Å²) in [6, 6.07) is 19.8. The van der Waals surface area contributed by atoms with Crippen LogP contribution in [0.4, 0.5) is 0 Å². The van der Waals surface area contributed by atoms with E-state index in [1.807, 2.05) is 61.5 Å². The van der Waals surface area contributed by atoms with Crippen LogP contribution >= 0.6 is 0 Å². The minimum Gasteiger partial charge on any atom is -0.481 e. The number of nitriles is 1. The van der Waals surface area contributed by atoms with E-state index >= 15 is 0 Å². The summed E-state index contributed by atoms with van der Waals surface area (Å²) in [5, 5.41) is 8.87. The van der Waals surface area contributed by atoms with Crippen molar-refractivity contribution < 1.29 is 9.53 Å². The lowest BCUT2D eigenvalue weighted by molar-refractivity contribution is -0.137. The van der Waals surface area contributed by atoms with Crippen molar-refractivity contribution in [2.45, 2.75) is 32.8 Å². The molecule has 0 aliphatic heterocycles. The number of aryl methyl sites for hydroxylation is 1. The molecule has 25 heavy (non-hydrogen) atoms. The molecule has 130 valence electrons. The number of hydrogen-bond donors (Lipinski definition) is 0. The standard InChI is InChI=1S/C21H24N2O2/c1-17-9-6-7-12-20(17)25-18(2)21(24)23(15-8-14-22)16-13-19-10-4-3-5-11-19/h3-7,9-12,18H,8,13,15-16H2,1-2H3. The van der Waals surface area contributed by atoms with E-state index < -0.39 is 6.10 Å². The van der Waals surface area contributed by atoms with Gasteiger partial charge in [0, 0.05) is 13.1 Å². The van der Waals surface area contributed by atoms with Crippen molar-refractivity contribution in [3.8, 4) is 11.8 Å². The first-order valence-corrected chi connectivity index (χ1v) is 8.53. The van der Waals surface area contributed by atoms with Gasteiger partial charge in [-0.1, -0.05) is 48.5 Å². The number of benzene rings is 2. The van der Waals surface area contributed by atoms with Crippen LogP contribution < -0.4 is 4.74 Å². The minimum absolute atomic E-state index is 0.0885. The number of hydrogen-bond acceptors (Lipinski definition) is 3. The maximum Gasteiger partial charge on any atom is 0.263 e. The molecule has 2 rings (SSSR count). The molecule has 0 radical (unpaired) electrons. The molecule has 1 amide bonds. The van der Waals surface area contributed by atoms with E-state index in [0.29, 0.717) is 25.3 Å². The lowest BCUT2D eigenvalue weighted by atomic mass is 10.1. The Morgan fingerprint density at radius 3 is 2.48 bits per heavy atom. The molecule has 4 heteroatoms. The topological polar surface area (TPSA) is 53.3 Å². The molecule has 0 saturated carbocycles. The van der Waals surface area contributed by atoms with E-state index in [1.54, 1.807) is 11.8 Å². The fraction of sp³-hybridized carbons (Fsp3) is 0.333. The molecule has 0 aliphatic carbocycles. The van der Waals surface area contributed by atoms with Gasteiger partial charge in [0.05, 0.1) is 12.5 Å². The molecule has 2 aromatic rings. The molecule has 0 heterocycles. The molecular formula is C21H24N2O2. The van der Waals surface area contributed by atoms with Gasteiger partial charge in [-0.2, -0.15) is 5.26 Å². The van der Waals surface area contributed by atoms with E-state index in [4.69, 9.17) is 10.00 Å². The molecule has 0 N–H and O–H groups in total. The van der Waals surface area contributed by atoms with Crippen molar-refractivity contribution in [3.05, 3.63) is 65.7 Å². The molecule has 0 saturated heterocycles. The van der Waals surface area contributed by atoms with Crippen LogP contribution in [-0.2, 0) is 11.2 Å². The zero-order chi connectivity index (χ0) is 18.1. The monoisotopic (exact) mass is 336 g/mol. The SMILES string of the molecule is Cc1ccccc1OC(C)C(=O)N(CCC#N)CCc1ccccc1. The maximum atomic E-state index is 12.8. The highest BCUT2D eigenvalue weighted by Crippen LogP contribution is 2.18. The van der Waals surface area contributed by atoms with Crippen molar-refractivity contribution in [1.82, 2.24) is 4.90 Å². The first kappa shape index (κ1) is 18.5. The average molecular weight is 336 g/mol. The highest BCUT2D eigenvalue weighted by Gasteiger charge is 2.22. The molecule has 0 fully saturated rings. The van der Waals surface area contributed by atoms with Crippen molar-refractivity contribution in [3.63, 3.8) is 0 Å². The van der Waals surface area contributed by atoms with Gasteiger partial charge in [0.15, 0.2) is 6.10 Å². The molecule has 0 spiro atoms. The second-order valence-corrected chi connectivity index (χ2v) is 5.99. The molecule has 1 unspecified atom stereocenters. The van der Waals surface area contributed by atoms with Gasteiger partial charge in [0.1, 0.15) is 5.75 Å². The first-order chi connectivity index (χ1) is 12.1. The van der Waals surface area contributed by atoms with E-state index in [0.717, 1.165) is 12.0 Å². The highest BCUT2D eigenvalue weighted by atomic mass is 16.5. The van der Waals surface area contributed by atoms with Gasteiger partial charge in [-0.25, -0.2) is 0 Å². The Hall–Kier alpha value is -2.80. The lowest BCUT2D eigenvalue weighted by Crippen LogP contribution is -2.42. The molecular weight excluding hydrogens is 312 g/mol. The van der Waals surface area contributed by atoms with Crippen molar-refractivity contribution in [1.29, 1.82) is 5.26 Å². The molecule has 0 aliphatic rings. The zero-order valence-corrected chi connectivity index (χ0v) is 14.8. The van der Waals surface area contributed by atoms with Crippen LogP contribution in [0.15, 0.2) is 54.6 Å². The third-order valence-corrected chi connectivity index (χ3v) is 4.06. The molecule has 4 nitrogen and oxygen atoms in total. The van der Waals surface area contributed by atoms with Crippen LogP contribution in [0.1, 0.15) is 24.5 Å². The largest absolute Gasteiger partial charge is 0.481 e. The van der Waals surface area contributed by atoms with Crippen molar-refractivity contribution >= 4 is 5.91 Å². The second kappa shape index (κ2) is 9.48. The third kappa shape index (κ3) is 5.65. The third-order valence-electron chi connectivity index (χ3n) is 4.06. The Morgan fingerprint density at radius 1 is 1.12 bits per heavy atom. The summed E-state index contributed by atoms with van der Waals surface area (Å²) in [5.41, 5.74) is 2.17. The number of ether oxygens (including phenoxy) is 1. The summed E-state index contributed by atoms with van der Waals surface area (Å²) < 4.78 is 5.85. The van der Waals surface area contributed by atoms with Crippen LogP contribution in [0.3, 0.4) is 0 Å². The van der Waals surface area contributed by atoms with Gasteiger partial charge in [0.25, 0.3) is 5.91 Å². The van der Waals surface area contributed by atoms with E-state index in [9.17, 15) is 4.79 Å². The number of nitrogens with zero attached hydrogens (tertiary/aromatic N) is 2. The minimum atomic E-state index is -0.587. The second-order valence-electron chi connectivity index (χ2n) is 5.99. The Morgan fingerprint density at radius 2 is 1.80 bits per heavy atom. The summed E-state index contributed by atoms with van der Waals surface area (Å²) in [4.78, 5) is 14.5. The van der Waals surface area contributed by atoms with Gasteiger partial charge < -0.3 is 9.64 Å². The maximum absolute atomic E-state index is 12.8. The number of amides is 1. The van der Waals surface area contributed by atoms with Gasteiger partial charge in [-0.3, -0.25) is 4.79 Å². The Labute approximate surface area is 149 Å². The number of carbonyl (C=O) groups is 1. The summed E-state index contributed by atoms with van der Waals surface area (Å²) in [6.07, 6.45) is 0.489. The van der Waals surface area contributed by atoms with Crippen LogP contribution in [0.25, 0.3) is 0 Å². The fourth-order valence-corrected chi connectivity index (χ4v) is 2.61. The smallest absolute Gasteiger partial charge is 0.263 e. The van der Waals surface area contributed by atoms with Gasteiger partial charge >= 0.3 is 0 Å². The van der Waals surface area contributed by atoms with E-state index in [2.05, 4.69) is 6.07 Å². The van der Waals surface area contributed by atoms with E-state index in [1.165, 1.54) is 5.56 Å². The van der Waals surface area contributed by atoms with Gasteiger partial charge in [-0.05, 0) is 37.5 Å². The number of carbonyl (C=O) groups excluding carboxylic acids is 1. The Kier molecular flexibility index (Phi) is 7.03. The molecule has 0 aromatic heterocycles. The van der Waals surface area contributed by atoms with Crippen molar-refractivity contribution in [2.75, 3.05) is 13.1 Å². The zero-order valence-electron chi connectivity index (χ0n) is 14.8. The summed E-state index contributed by atoms with van der Waals surface area (Å²) in [5.74, 6) is 0.626. The fourth-order valence-electron chi connectivity index (χ4n) is 2.61. The quantitative estimate of drug-likeness (QED) is 0.738. The highest BCUT2D eigenvalue weighted by molar-refractivity contribution is 5.81. The summed E-state index contributed by atoms with van der Waals surface area (Å²) in [7, 11) is 0.